The van der Waals surface area contributed by atoms with Gasteiger partial charge in [-0.1, -0.05) is 29.8 Å². The molecule has 3 heteroatoms. The van der Waals surface area contributed by atoms with Crippen LogP contribution in [0.4, 0.5) is 0 Å². The summed E-state index contributed by atoms with van der Waals surface area (Å²) >= 11 is 0. The monoisotopic (exact) mass is 294 g/mol. The van der Waals surface area contributed by atoms with Crippen LogP contribution >= 0.6 is 0 Å². The first-order valence-electron chi connectivity index (χ1n) is 7.27. The van der Waals surface area contributed by atoms with Gasteiger partial charge < -0.3 is 9.47 Å². The van der Waals surface area contributed by atoms with Gasteiger partial charge in [0.2, 0.25) is 5.78 Å². The zero-order valence-corrected chi connectivity index (χ0v) is 13.0. The van der Waals surface area contributed by atoms with E-state index in [-0.39, 0.29) is 5.78 Å². The zero-order valence-electron chi connectivity index (χ0n) is 13.0. The van der Waals surface area contributed by atoms with E-state index >= 15 is 0 Å². The second-order valence-electron chi connectivity index (χ2n) is 5.69. The average Bonchev–Trinajstić information content (AvgIpc) is 2.84. The fourth-order valence-electron chi connectivity index (χ4n) is 2.32. The van der Waals surface area contributed by atoms with Crippen LogP contribution in [0.25, 0.3) is 0 Å². The van der Waals surface area contributed by atoms with Crippen molar-refractivity contribution in [3.05, 3.63) is 70.5 Å². The van der Waals surface area contributed by atoms with Gasteiger partial charge in [-0.05, 0) is 44.0 Å². The van der Waals surface area contributed by atoms with Crippen molar-refractivity contribution in [1.82, 2.24) is 0 Å². The van der Waals surface area contributed by atoms with Gasteiger partial charge in [0.15, 0.2) is 5.76 Å². The molecule has 1 heterocycles. The molecule has 0 N–H and O–H groups in total. The van der Waals surface area contributed by atoms with Crippen molar-refractivity contribution in [3.8, 4) is 11.5 Å². The highest BCUT2D eigenvalue weighted by Gasteiger charge is 2.28. The summed E-state index contributed by atoms with van der Waals surface area (Å²) in [5, 5.41) is 0. The van der Waals surface area contributed by atoms with E-state index in [2.05, 4.69) is 19.1 Å². The number of ketones is 1. The molecule has 0 atom stereocenters. The highest BCUT2D eigenvalue weighted by molar-refractivity contribution is 6.12. The van der Waals surface area contributed by atoms with Gasteiger partial charge in [0.25, 0.3) is 0 Å². The van der Waals surface area contributed by atoms with E-state index in [9.17, 15) is 4.79 Å². The molecule has 3 rings (SSSR count). The lowest BCUT2D eigenvalue weighted by Crippen LogP contribution is -2.00. The third kappa shape index (κ3) is 2.75. The van der Waals surface area contributed by atoms with Crippen LogP contribution in [-0.4, -0.2) is 5.78 Å². The van der Waals surface area contributed by atoms with E-state index < -0.39 is 0 Å². The first kappa shape index (κ1) is 14.4. The molecule has 1 aliphatic heterocycles. The number of ether oxygens (including phenoxy) is 2. The van der Waals surface area contributed by atoms with Crippen LogP contribution in [0.3, 0.4) is 0 Å². The Morgan fingerprint density at radius 1 is 1.09 bits per heavy atom. The maximum Gasteiger partial charge on any atom is 0.231 e. The molecule has 0 radical (unpaired) electrons. The molecule has 0 unspecified atom stereocenters. The lowest BCUT2D eigenvalue weighted by Gasteiger charge is -2.07. The smallest absolute Gasteiger partial charge is 0.231 e. The van der Waals surface area contributed by atoms with Gasteiger partial charge in [-0.25, -0.2) is 0 Å². The maximum absolute atomic E-state index is 12.1. The number of allylic oxidation sites excluding steroid dienone is 2. The minimum atomic E-state index is -0.0555. The molecule has 0 spiro atoms. The number of benzene rings is 2. The van der Waals surface area contributed by atoms with E-state index in [1.807, 2.05) is 32.0 Å². The summed E-state index contributed by atoms with van der Waals surface area (Å²) in [6.07, 6.45) is 0. The summed E-state index contributed by atoms with van der Waals surface area (Å²) < 4.78 is 11.4. The fraction of sp³-hybridized carbons (Fsp3) is 0.211. The van der Waals surface area contributed by atoms with Gasteiger partial charge >= 0.3 is 0 Å². The highest BCUT2D eigenvalue weighted by atomic mass is 16.5. The molecule has 0 aliphatic carbocycles. The molecule has 2 aromatic rings. The number of Topliss-reactive ketones (excluding diaryl/α,β-unsaturated/α-hetero) is 1. The van der Waals surface area contributed by atoms with Gasteiger partial charge in [-0.2, -0.15) is 0 Å². The summed E-state index contributed by atoms with van der Waals surface area (Å²) in [7, 11) is 0. The molecule has 0 fully saturated rings. The van der Waals surface area contributed by atoms with E-state index in [4.69, 9.17) is 9.47 Å². The van der Waals surface area contributed by atoms with Gasteiger partial charge in [0, 0.05) is 6.07 Å². The minimum absolute atomic E-state index is 0.0555. The Bertz CT molecular complexity index is 751. The summed E-state index contributed by atoms with van der Waals surface area (Å²) in [5.74, 6) is 1.63. The molecule has 112 valence electrons. The predicted molar refractivity (Wildman–Crippen MR) is 85.3 cm³/mol. The number of carbonyl (C=O) groups excluding carboxylic acids is 1. The SMILES string of the molecule is CC(C)=C1Oc2cc(OCc3ccc(C)cc3)ccc2C1=O. The van der Waals surface area contributed by atoms with Crippen molar-refractivity contribution >= 4 is 5.78 Å². The van der Waals surface area contributed by atoms with Gasteiger partial charge in [0.05, 0.1) is 5.56 Å². The van der Waals surface area contributed by atoms with E-state index in [1.54, 1.807) is 12.1 Å². The Morgan fingerprint density at radius 2 is 1.82 bits per heavy atom. The first-order chi connectivity index (χ1) is 10.5. The first-order valence-corrected chi connectivity index (χ1v) is 7.27. The van der Waals surface area contributed by atoms with Crippen LogP contribution in [0.2, 0.25) is 0 Å². The molecule has 2 aromatic carbocycles. The number of hydrogen-bond donors (Lipinski definition) is 0. The minimum Gasteiger partial charge on any atom is -0.489 e. The van der Waals surface area contributed by atoms with Crippen molar-refractivity contribution in [2.75, 3.05) is 0 Å². The summed E-state index contributed by atoms with van der Waals surface area (Å²) in [6.45, 7) is 6.28. The van der Waals surface area contributed by atoms with Crippen LogP contribution in [0.1, 0.15) is 35.3 Å². The van der Waals surface area contributed by atoms with E-state index in [0.717, 1.165) is 11.1 Å². The lowest BCUT2D eigenvalue weighted by molar-refractivity contribution is 0.101. The number of aryl methyl sites for hydroxylation is 1. The van der Waals surface area contributed by atoms with Gasteiger partial charge in [0.1, 0.15) is 18.1 Å². The van der Waals surface area contributed by atoms with E-state index in [0.29, 0.717) is 29.4 Å². The lowest BCUT2D eigenvalue weighted by atomic mass is 10.1. The third-order valence-electron chi connectivity index (χ3n) is 3.60. The molecule has 0 amide bonds. The summed E-state index contributed by atoms with van der Waals surface area (Å²) in [5.41, 5.74) is 3.80. The molecule has 0 bridgehead atoms. The molecule has 3 nitrogen and oxygen atoms in total. The van der Waals surface area contributed by atoms with Crippen molar-refractivity contribution in [1.29, 1.82) is 0 Å². The van der Waals surface area contributed by atoms with Crippen molar-refractivity contribution in [2.45, 2.75) is 27.4 Å². The number of hydrogen-bond acceptors (Lipinski definition) is 3. The van der Waals surface area contributed by atoms with Crippen molar-refractivity contribution < 1.29 is 14.3 Å². The van der Waals surface area contributed by atoms with E-state index in [1.165, 1.54) is 5.56 Å². The van der Waals surface area contributed by atoms with Crippen LogP contribution in [0.5, 0.6) is 11.5 Å². The predicted octanol–water partition coefficient (Wildman–Crippen LogP) is 4.44. The molecule has 0 aromatic heterocycles. The number of rotatable bonds is 3. The second kappa shape index (κ2) is 5.68. The van der Waals surface area contributed by atoms with Crippen LogP contribution < -0.4 is 9.47 Å². The van der Waals surface area contributed by atoms with Gasteiger partial charge in [-0.3, -0.25) is 4.79 Å². The molecular weight excluding hydrogens is 276 g/mol. The fourth-order valence-corrected chi connectivity index (χ4v) is 2.32. The molecular formula is C19H18O3. The van der Waals surface area contributed by atoms with Crippen molar-refractivity contribution in [2.24, 2.45) is 0 Å². The Hall–Kier alpha value is -2.55. The average molecular weight is 294 g/mol. The Balaban J connectivity index is 1.76. The van der Waals surface area contributed by atoms with Crippen LogP contribution in [-0.2, 0) is 6.61 Å². The normalized spacial score (nSPS) is 12.9. The van der Waals surface area contributed by atoms with Crippen molar-refractivity contribution in [3.63, 3.8) is 0 Å². The third-order valence-corrected chi connectivity index (χ3v) is 3.60. The topological polar surface area (TPSA) is 35.5 Å². The Kier molecular flexibility index (Phi) is 3.72. The highest BCUT2D eigenvalue weighted by Crippen LogP contribution is 2.35. The summed E-state index contributed by atoms with van der Waals surface area (Å²) in [6, 6.07) is 13.6. The molecule has 0 saturated carbocycles. The van der Waals surface area contributed by atoms with Crippen LogP contribution in [0, 0.1) is 6.92 Å². The Labute approximate surface area is 130 Å². The Morgan fingerprint density at radius 3 is 2.50 bits per heavy atom. The summed E-state index contributed by atoms with van der Waals surface area (Å²) in [4.78, 5) is 12.1. The number of fused-ring (bicyclic) bond motifs is 1. The maximum atomic E-state index is 12.1. The quantitative estimate of drug-likeness (QED) is 0.785. The largest absolute Gasteiger partial charge is 0.489 e. The number of carbonyl (C=O) groups is 1. The molecule has 0 saturated heterocycles. The zero-order chi connectivity index (χ0) is 15.7. The molecule has 1 aliphatic rings. The standard InChI is InChI=1S/C19H18O3/c1-12(2)19-18(20)16-9-8-15(10-17(16)22-19)21-11-14-6-4-13(3)5-7-14/h4-10H,11H2,1-3H3. The second-order valence-corrected chi connectivity index (χ2v) is 5.69. The van der Waals surface area contributed by atoms with Gasteiger partial charge in [-0.15, -0.1) is 0 Å². The van der Waals surface area contributed by atoms with Crippen LogP contribution in [0.15, 0.2) is 53.8 Å². The molecule has 22 heavy (non-hydrogen) atoms.